The lowest BCUT2D eigenvalue weighted by Gasteiger charge is -2.32. The van der Waals surface area contributed by atoms with Crippen LogP contribution < -0.4 is 11.1 Å². The Bertz CT molecular complexity index is 691. The maximum absolute atomic E-state index is 12.4. The van der Waals surface area contributed by atoms with Gasteiger partial charge in [-0.15, -0.1) is 0 Å². The minimum absolute atomic E-state index is 0.112. The van der Waals surface area contributed by atoms with Gasteiger partial charge in [0.2, 0.25) is 5.95 Å². The first-order valence-corrected chi connectivity index (χ1v) is 7.89. The van der Waals surface area contributed by atoms with Gasteiger partial charge >= 0.3 is 6.03 Å². The summed E-state index contributed by atoms with van der Waals surface area (Å²) in [5, 5.41) is 3.53. The molecule has 1 atom stereocenters. The molecule has 0 unspecified atom stereocenters. The zero-order valence-corrected chi connectivity index (χ0v) is 13.3. The molecule has 3 rings (SSSR count). The molecule has 1 saturated heterocycles. The Morgan fingerprint density at radius 1 is 1.30 bits per heavy atom. The van der Waals surface area contributed by atoms with Crippen LogP contribution in [0.5, 0.6) is 0 Å². The van der Waals surface area contributed by atoms with Crippen LogP contribution in [-0.4, -0.2) is 34.0 Å². The standard InChI is InChI=1S/C16H18ClN5O/c17-12-3-5-13(6-4-12)20-16(23)22-9-1-2-11(10-22)14-7-8-19-15(18)21-14/h3-8,11H,1-2,9-10H2,(H,20,23)(H2,18,19,21)/t11-/m0/s1. The molecule has 1 aliphatic rings. The van der Waals surface area contributed by atoms with Gasteiger partial charge in [0.15, 0.2) is 0 Å². The second-order valence-corrected chi connectivity index (χ2v) is 6.00. The molecule has 7 heteroatoms. The lowest BCUT2D eigenvalue weighted by Crippen LogP contribution is -2.41. The Hall–Kier alpha value is -2.34. The molecule has 0 aliphatic carbocycles. The van der Waals surface area contributed by atoms with Crippen molar-refractivity contribution in [3.63, 3.8) is 0 Å². The highest BCUT2D eigenvalue weighted by Crippen LogP contribution is 2.26. The van der Waals surface area contributed by atoms with Crippen molar-refractivity contribution >= 4 is 29.3 Å². The van der Waals surface area contributed by atoms with E-state index in [4.69, 9.17) is 17.3 Å². The SMILES string of the molecule is Nc1nccc([C@H]2CCCN(C(=O)Nc3ccc(Cl)cc3)C2)n1. The normalized spacial score (nSPS) is 17.8. The van der Waals surface area contributed by atoms with Crippen LogP contribution in [0.1, 0.15) is 24.5 Å². The number of nitrogen functional groups attached to an aromatic ring is 1. The van der Waals surface area contributed by atoms with E-state index in [-0.39, 0.29) is 17.9 Å². The van der Waals surface area contributed by atoms with Crippen molar-refractivity contribution in [3.05, 3.63) is 47.2 Å². The molecular formula is C16H18ClN5O. The Morgan fingerprint density at radius 2 is 2.09 bits per heavy atom. The number of hydrogen-bond donors (Lipinski definition) is 2. The molecule has 2 heterocycles. The zero-order chi connectivity index (χ0) is 16.2. The number of nitrogens with two attached hydrogens (primary N) is 1. The highest BCUT2D eigenvalue weighted by molar-refractivity contribution is 6.30. The predicted molar refractivity (Wildman–Crippen MR) is 90.5 cm³/mol. The van der Waals surface area contributed by atoms with Crippen molar-refractivity contribution in [3.8, 4) is 0 Å². The molecule has 1 aliphatic heterocycles. The summed E-state index contributed by atoms with van der Waals surface area (Å²) in [6.07, 6.45) is 3.58. The van der Waals surface area contributed by atoms with E-state index < -0.39 is 0 Å². The molecule has 0 saturated carbocycles. The number of carbonyl (C=O) groups excluding carboxylic acids is 1. The number of nitrogens with zero attached hydrogens (tertiary/aromatic N) is 3. The quantitative estimate of drug-likeness (QED) is 0.885. The van der Waals surface area contributed by atoms with Gasteiger partial charge in [-0.3, -0.25) is 0 Å². The third-order valence-corrected chi connectivity index (χ3v) is 4.17. The van der Waals surface area contributed by atoms with E-state index in [1.807, 2.05) is 6.07 Å². The maximum Gasteiger partial charge on any atom is 0.321 e. The number of urea groups is 1. The third kappa shape index (κ3) is 3.90. The summed E-state index contributed by atoms with van der Waals surface area (Å²) in [5.74, 6) is 0.454. The van der Waals surface area contributed by atoms with Crippen LogP contribution in [0.3, 0.4) is 0 Å². The number of nitrogens with one attached hydrogen (secondary N) is 1. The lowest BCUT2D eigenvalue weighted by atomic mass is 9.95. The van der Waals surface area contributed by atoms with Gasteiger partial charge in [0.05, 0.1) is 5.69 Å². The number of halogens is 1. The smallest absolute Gasteiger partial charge is 0.321 e. The number of piperidine rings is 1. The lowest BCUT2D eigenvalue weighted by molar-refractivity contribution is 0.192. The highest BCUT2D eigenvalue weighted by atomic mass is 35.5. The van der Waals surface area contributed by atoms with E-state index in [1.54, 1.807) is 35.4 Å². The molecule has 0 bridgehead atoms. The number of anilines is 2. The van der Waals surface area contributed by atoms with Gasteiger partial charge in [-0.1, -0.05) is 11.6 Å². The van der Waals surface area contributed by atoms with E-state index in [9.17, 15) is 4.79 Å². The Morgan fingerprint density at radius 3 is 2.83 bits per heavy atom. The Kier molecular flexibility index (Phi) is 4.62. The topological polar surface area (TPSA) is 84.1 Å². The largest absolute Gasteiger partial charge is 0.368 e. The van der Waals surface area contributed by atoms with Gasteiger partial charge in [-0.2, -0.15) is 0 Å². The average Bonchev–Trinajstić information content (AvgIpc) is 2.57. The fourth-order valence-corrected chi connectivity index (χ4v) is 2.88. The first-order valence-electron chi connectivity index (χ1n) is 7.52. The van der Waals surface area contributed by atoms with Crippen molar-refractivity contribution in [2.45, 2.75) is 18.8 Å². The molecule has 1 fully saturated rings. The molecule has 1 aromatic heterocycles. The zero-order valence-electron chi connectivity index (χ0n) is 12.6. The summed E-state index contributed by atoms with van der Waals surface area (Å²) in [4.78, 5) is 22.4. The van der Waals surface area contributed by atoms with Gasteiger partial charge in [-0.25, -0.2) is 14.8 Å². The molecule has 2 amide bonds. The van der Waals surface area contributed by atoms with Crippen molar-refractivity contribution < 1.29 is 4.79 Å². The van der Waals surface area contributed by atoms with Crippen LogP contribution in [0.25, 0.3) is 0 Å². The van der Waals surface area contributed by atoms with Gasteiger partial charge in [0.1, 0.15) is 0 Å². The second kappa shape index (κ2) is 6.83. The Labute approximate surface area is 139 Å². The van der Waals surface area contributed by atoms with Crippen LogP contribution in [0.2, 0.25) is 5.02 Å². The summed E-state index contributed by atoms with van der Waals surface area (Å²) >= 11 is 5.85. The minimum atomic E-state index is -0.112. The number of carbonyl (C=O) groups is 1. The molecule has 3 N–H and O–H groups in total. The predicted octanol–water partition coefficient (Wildman–Crippen LogP) is 3.12. The van der Waals surface area contributed by atoms with Crippen LogP contribution in [0.15, 0.2) is 36.5 Å². The molecule has 6 nitrogen and oxygen atoms in total. The van der Waals surface area contributed by atoms with Crippen molar-refractivity contribution in [1.82, 2.24) is 14.9 Å². The molecule has 120 valence electrons. The van der Waals surface area contributed by atoms with Gasteiger partial charge in [-0.05, 0) is 43.2 Å². The highest BCUT2D eigenvalue weighted by Gasteiger charge is 2.25. The van der Waals surface area contributed by atoms with E-state index >= 15 is 0 Å². The molecule has 23 heavy (non-hydrogen) atoms. The van der Waals surface area contributed by atoms with Crippen molar-refractivity contribution in [2.24, 2.45) is 0 Å². The minimum Gasteiger partial charge on any atom is -0.368 e. The van der Waals surface area contributed by atoms with Crippen molar-refractivity contribution in [2.75, 3.05) is 24.1 Å². The molecule has 0 spiro atoms. The summed E-state index contributed by atoms with van der Waals surface area (Å²) < 4.78 is 0. The first-order chi connectivity index (χ1) is 11.1. The summed E-state index contributed by atoms with van der Waals surface area (Å²) in [6.45, 7) is 1.35. The average molecular weight is 332 g/mol. The van der Waals surface area contributed by atoms with Crippen LogP contribution in [0, 0.1) is 0 Å². The summed E-state index contributed by atoms with van der Waals surface area (Å²) in [7, 11) is 0. The maximum atomic E-state index is 12.4. The third-order valence-electron chi connectivity index (χ3n) is 3.92. The van der Waals surface area contributed by atoms with E-state index in [1.165, 1.54) is 0 Å². The fourth-order valence-electron chi connectivity index (χ4n) is 2.75. The van der Waals surface area contributed by atoms with Crippen LogP contribution in [-0.2, 0) is 0 Å². The number of aromatic nitrogens is 2. The number of benzene rings is 1. The van der Waals surface area contributed by atoms with Crippen LogP contribution in [0.4, 0.5) is 16.4 Å². The molecular weight excluding hydrogens is 314 g/mol. The molecule has 1 aromatic carbocycles. The van der Waals surface area contributed by atoms with Gasteiger partial charge in [0, 0.05) is 35.9 Å². The van der Waals surface area contributed by atoms with Gasteiger partial charge < -0.3 is 16.0 Å². The number of likely N-dealkylation sites (tertiary alicyclic amines) is 1. The van der Waals surface area contributed by atoms with Crippen LogP contribution >= 0.6 is 11.6 Å². The summed E-state index contributed by atoms with van der Waals surface area (Å²) in [5.41, 5.74) is 7.27. The van der Waals surface area contributed by atoms with Gasteiger partial charge in [0.25, 0.3) is 0 Å². The Balaban J connectivity index is 1.65. The van der Waals surface area contributed by atoms with E-state index in [2.05, 4.69) is 15.3 Å². The second-order valence-electron chi connectivity index (χ2n) is 5.56. The summed E-state index contributed by atoms with van der Waals surface area (Å²) in [6, 6.07) is 8.82. The number of amides is 2. The number of hydrogen-bond acceptors (Lipinski definition) is 4. The van der Waals surface area contributed by atoms with E-state index in [0.29, 0.717) is 11.6 Å². The van der Waals surface area contributed by atoms with E-state index in [0.717, 1.165) is 30.8 Å². The monoisotopic (exact) mass is 331 g/mol. The molecule has 0 radical (unpaired) electrons. The van der Waals surface area contributed by atoms with Crippen molar-refractivity contribution in [1.29, 1.82) is 0 Å². The fraction of sp³-hybridized carbons (Fsp3) is 0.312. The first kappa shape index (κ1) is 15.6. The number of rotatable bonds is 2. The molecule has 2 aromatic rings.